The van der Waals surface area contributed by atoms with E-state index in [2.05, 4.69) is 4.99 Å². The average Bonchev–Trinajstić information content (AvgIpc) is 3.05. The highest BCUT2D eigenvalue weighted by atomic mass is 35.5. The molecule has 4 aromatic rings. The topological polar surface area (TPSA) is 34.4 Å². The molecule has 0 atom stereocenters. The van der Waals surface area contributed by atoms with Crippen LogP contribution in [0.4, 0.5) is 0 Å². The van der Waals surface area contributed by atoms with Gasteiger partial charge in [0.2, 0.25) is 0 Å². The zero-order valence-corrected chi connectivity index (χ0v) is 18.9. The average molecular weight is 474 g/mol. The number of aromatic nitrogens is 1. The van der Waals surface area contributed by atoms with Crippen molar-refractivity contribution in [3.63, 3.8) is 0 Å². The number of benzene rings is 3. The molecule has 4 rings (SSSR count). The molecule has 1 aromatic heterocycles. The fourth-order valence-electron chi connectivity index (χ4n) is 3.08. The molecule has 0 aliphatic heterocycles. The summed E-state index contributed by atoms with van der Waals surface area (Å²) in [6.07, 6.45) is 0. The van der Waals surface area contributed by atoms with E-state index in [0.29, 0.717) is 20.4 Å². The van der Waals surface area contributed by atoms with Crippen molar-refractivity contribution >= 4 is 52.0 Å². The van der Waals surface area contributed by atoms with Gasteiger partial charge >= 0.3 is 0 Å². The van der Waals surface area contributed by atoms with Crippen molar-refractivity contribution in [2.45, 2.75) is 0 Å². The largest absolute Gasteiger partial charge is 0.319 e. The first kappa shape index (κ1) is 20.9. The highest BCUT2D eigenvalue weighted by Crippen LogP contribution is 2.34. The van der Waals surface area contributed by atoms with Crippen molar-refractivity contribution in [3.8, 4) is 21.7 Å². The molecule has 30 heavy (non-hydrogen) atoms. The normalized spacial score (nSPS) is 11.7. The molecule has 3 aromatic carbocycles. The van der Waals surface area contributed by atoms with Gasteiger partial charge in [-0.05, 0) is 41.5 Å². The number of hydrogen-bond donors (Lipinski definition) is 0. The molecule has 0 fully saturated rings. The highest BCUT2D eigenvalue weighted by molar-refractivity contribution is 7.13. The third kappa shape index (κ3) is 4.23. The summed E-state index contributed by atoms with van der Waals surface area (Å²) in [6, 6.07) is 22.4. The lowest BCUT2D eigenvalue weighted by atomic mass is 10.1. The van der Waals surface area contributed by atoms with Crippen LogP contribution in [0.15, 0.2) is 77.8 Å². The maximum atomic E-state index is 12.8. The van der Waals surface area contributed by atoms with E-state index in [1.807, 2.05) is 66.2 Å². The highest BCUT2D eigenvalue weighted by Gasteiger charge is 2.17. The standard InChI is InChI=1S/C23H15Cl3N2OS/c1-28-20(14-7-9-16(24)10-8-14)21(15-5-3-2-4-6-15)30-23(28)27-22(29)18-12-11-17(25)13-19(18)26/h2-13H,1H3. The van der Waals surface area contributed by atoms with Crippen molar-refractivity contribution < 1.29 is 4.79 Å². The molecule has 3 nitrogen and oxygen atoms in total. The molecule has 0 saturated heterocycles. The van der Waals surface area contributed by atoms with Gasteiger partial charge in [-0.2, -0.15) is 4.99 Å². The Morgan fingerprint density at radius 2 is 1.53 bits per heavy atom. The van der Waals surface area contributed by atoms with Crippen molar-refractivity contribution in [2.24, 2.45) is 12.0 Å². The number of amides is 1. The molecular formula is C23H15Cl3N2OS. The molecule has 0 radical (unpaired) electrons. The molecule has 0 aliphatic rings. The zero-order valence-electron chi connectivity index (χ0n) is 15.8. The van der Waals surface area contributed by atoms with Crippen LogP contribution in [0.2, 0.25) is 15.1 Å². The molecule has 0 spiro atoms. The molecule has 0 saturated carbocycles. The molecule has 0 unspecified atom stereocenters. The fourth-order valence-corrected chi connectivity index (χ4v) is 4.84. The van der Waals surface area contributed by atoms with E-state index in [0.717, 1.165) is 21.7 Å². The molecule has 1 heterocycles. The molecule has 0 N–H and O–H groups in total. The third-order valence-electron chi connectivity index (χ3n) is 4.54. The van der Waals surface area contributed by atoms with Crippen LogP contribution in [0, 0.1) is 0 Å². The Bertz CT molecular complexity index is 1290. The van der Waals surface area contributed by atoms with E-state index in [4.69, 9.17) is 34.8 Å². The van der Waals surface area contributed by atoms with E-state index >= 15 is 0 Å². The van der Waals surface area contributed by atoms with Gasteiger partial charge in [-0.15, -0.1) is 0 Å². The van der Waals surface area contributed by atoms with Crippen LogP contribution >= 0.6 is 46.1 Å². The fraction of sp³-hybridized carbons (Fsp3) is 0.0435. The first-order valence-corrected chi connectivity index (χ1v) is 10.9. The molecule has 1 amide bonds. The first-order chi connectivity index (χ1) is 14.4. The number of carbonyl (C=O) groups excluding carboxylic acids is 1. The predicted octanol–water partition coefficient (Wildman–Crippen LogP) is 7.12. The molecule has 0 bridgehead atoms. The van der Waals surface area contributed by atoms with Gasteiger partial charge in [-0.25, -0.2) is 0 Å². The first-order valence-electron chi connectivity index (χ1n) is 8.99. The van der Waals surface area contributed by atoms with E-state index in [1.165, 1.54) is 17.4 Å². The minimum atomic E-state index is -0.421. The monoisotopic (exact) mass is 472 g/mol. The van der Waals surface area contributed by atoms with E-state index in [-0.39, 0.29) is 5.02 Å². The Labute approximate surface area is 192 Å². The minimum absolute atomic E-state index is 0.275. The van der Waals surface area contributed by atoms with Crippen LogP contribution in [-0.4, -0.2) is 10.5 Å². The predicted molar refractivity (Wildman–Crippen MR) is 126 cm³/mol. The molecular weight excluding hydrogens is 459 g/mol. The number of hydrogen-bond acceptors (Lipinski definition) is 2. The summed E-state index contributed by atoms with van der Waals surface area (Å²) in [4.78, 5) is 18.7. The Morgan fingerprint density at radius 1 is 0.867 bits per heavy atom. The third-order valence-corrected chi connectivity index (χ3v) is 6.52. The quantitative estimate of drug-likeness (QED) is 0.312. The Hall–Kier alpha value is -2.37. The molecule has 0 aliphatic carbocycles. The lowest BCUT2D eigenvalue weighted by Gasteiger charge is -2.07. The van der Waals surface area contributed by atoms with Crippen LogP contribution in [0.1, 0.15) is 10.4 Å². The second-order valence-corrected chi connectivity index (χ2v) is 8.79. The smallest absolute Gasteiger partial charge is 0.281 e. The van der Waals surface area contributed by atoms with Gasteiger partial charge in [0.05, 0.1) is 21.2 Å². The second-order valence-electron chi connectivity index (χ2n) is 6.54. The second kappa shape index (κ2) is 8.78. The van der Waals surface area contributed by atoms with Crippen LogP contribution in [0.3, 0.4) is 0 Å². The Kier molecular flexibility index (Phi) is 6.11. The lowest BCUT2D eigenvalue weighted by molar-refractivity contribution is 0.0998. The number of rotatable bonds is 3. The maximum absolute atomic E-state index is 12.8. The van der Waals surface area contributed by atoms with Gasteiger partial charge < -0.3 is 4.57 Å². The van der Waals surface area contributed by atoms with Gasteiger partial charge in [0, 0.05) is 17.1 Å². The van der Waals surface area contributed by atoms with Crippen molar-refractivity contribution in [2.75, 3.05) is 0 Å². The minimum Gasteiger partial charge on any atom is -0.319 e. The number of halogens is 3. The molecule has 7 heteroatoms. The van der Waals surface area contributed by atoms with E-state index in [9.17, 15) is 4.79 Å². The summed E-state index contributed by atoms with van der Waals surface area (Å²) in [5, 5.41) is 1.40. The van der Waals surface area contributed by atoms with Crippen molar-refractivity contribution in [1.29, 1.82) is 0 Å². The lowest BCUT2D eigenvalue weighted by Crippen LogP contribution is -2.14. The van der Waals surface area contributed by atoms with Crippen LogP contribution in [-0.2, 0) is 7.05 Å². The van der Waals surface area contributed by atoms with E-state index in [1.54, 1.807) is 12.1 Å². The summed E-state index contributed by atoms with van der Waals surface area (Å²) in [5.74, 6) is -0.421. The summed E-state index contributed by atoms with van der Waals surface area (Å²) < 4.78 is 1.91. The van der Waals surface area contributed by atoms with Gasteiger partial charge in [0.15, 0.2) is 4.80 Å². The summed E-state index contributed by atoms with van der Waals surface area (Å²) in [7, 11) is 1.89. The van der Waals surface area contributed by atoms with Gasteiger partial charge in [0.1, 0.15) is 0 Å². The number of nitrogens with zero attached hydrogens (tertiary/aromatic N) is 2. The maximum Gasteiger partial charge on any atom is 0.281 e. The van der Waals surface area contributed by atoms with Crippen molar-refractivity contribution in [1.82, 2.24) is 4.57 Å². The van der Waals surface area contributed by atoms with Crippen LogP contribution < -0.4 is 4.80 Å². The summed E-state index contributed by atoms with van der Waals surface area (Å²) >= 11 is 19.7. The zero-order chi connectivity index (χ0) is 21.3. The Balaban J connectivity index is 1.90. The number of carbonyl (C=O) groups is 1. The number of thiazole rings is 1. The molecule has 150 valence electrons. The van der Waals surface area contributed by atoms with Crippen molar-refractivity contribution in [3.05, 3.63) is 98.2 Å². The summed E-state index contributed by atoms with van der Waals surface area (Å²) in [6.45, 7) is 0. The Morgan fingerprint density at radius 3 is 2.20 bits per heavy atom. The summed E-state index contributed by atoms with van der Waals surface area (Å²) in [5.41, 5.74) is 3.29. The van der Waals surface area contributed by atoms with Gasteiger partial charge in [0.25, 0.3) is 5.91 Å². The SMILES string of the molecule is Cn1c(-c2ccc(Cl)cc2)c(-c2ccccc2)sc1=NC(=O)c1ccc(Cl)cc1Cl. The van der Waals surface area contributed by atoms with Crippen LogP contribution in [0.5, 0.6) is 0 Å². The van der Waals surface area contributed by atoms with Crippen LogP contribution in [0.25, 0.3) is 21.7 Å². The van der Waals surface area contributed by atoms with Gasteiger partial charge in [-0.1, -0.05) is 88.6 Å². The van der Waals surface area contributed by atoms with E-state index < -0.39 is 5.91 Å². The van der Waals surface area contributed by atoms with Gasteiger partial charge in [-0.3, -0.25) is 4.79 Å².